The van der Waals surface area contributed by atoms with Crippen molar-refractivity contribution in [2.45, 2.75) is 26.3 Å². The van der Waals surface area contributed by atoms with E-state index < -0.39 is 0 Å². The molecule has 1 aliphatic heterocycles. The van der Waals surface area contributed by atoms with Crippen LogP contribution in [0.5, 0.6) is 11.5 Å². The zero-order valence-corrected chi connectivity index (χ0v) is 21.0. The summed E-state index contributed by atoms with van der Waals surface area (Å²) in [5.41, 5.74) is 3.70. The zero-order valence-electron chi connectivity index (χ0n) is 20.2. The highest BCUT2D eigenvalue weighted by Crippen LogP contribution is 2.34. The van der Waals surface area contributed by atoms with E-state index in [1.54, 1.807) is 25.6 Å². The molecular formula is C26H29N5O3S. The number of rotatable bonds is 7. The summed E-state index contributed by atoms with van der Waals surface area (Å²) in [7, 11) is 3.30. The minimum absolute atomic E-state index is 0.0716. The van der Waals surface area contributed by atoms with Crippen LogP contribution in [0.15, 0.2) is 48.5 Å². The predicted molar refractivity (Wildman–Crippen MR) is 138 cm³/mol. The van der Waals surface area contributed by atoms with Crippen LogP contribution < -0.4 is 19.7 Å². The number of aryl methyl sites for hydroxylation is 1. The molecule has 8 nitrogen and oxygen atoms in total. The molecule has 3 heterocycles. The molecule has 0 bridgehead atoms. The van der Waals surface area contributed by atoms with Gasteiger partial charge in [-0.1, -0.05) is 29.5 Å². The second-order valence-electron chi connectivity index (χ2n) is 8.66. The van der Waals surface area contributed by atoms with Gasteiger partial charge in [-0.3, -0.25) is 4.79 Å². The van der Waals surface area contributed by atoms with Gasteiger partial charge in [-0.05, 0) is 50.1 Å². The van der Waals surface area contributed by atoms with E-state index in [-0.39, 0.29) is 11.8 Å². The first-order valence-electron chi connectivity index (χ1n) is 11.7. The molecule has 1 saturated heterocycles. The summed E-state index contributed by atoms with van der Waals surface area (Å²) >= 11 is 1.64. The highest BCUT2D eigenvalue weighted by molar-refractivity contribution is 7.22. The average Bonchev–Trinajstić information content (AvgIpc) is 3.48. The molecule has 9 heteroatoms. The molecule has 1 aliphatic rings. The van der Waals surface area contributed by atoms with E-state index in [1.807, 2.05) is 60.1 Å². The van der Waals surface area contributed by atoms with Gasteiger partial charge in [-0.2, -0.15) is 10.1 Å². The molecule has 1 atom stereocenters. The van der Waals surface area contributed by atoms with E-state index >= 15 is 0 Å². The second-order valence-corrected chi connectivity index (χ2v) is 9.64. The third-order valence-corrected chi connectivity index (χ3v) is 7.62. The lowest BCUT2D eigenvalue weighted by Gasteiger charge is -2.31. The maximum Gasteiger partial charge on any atom is 0.225 e. The summed E-state index contributed by atoms with van der Waals surface area (Å²) in [6, 6.07) is 15.6. The SMILES string of the molecule is COc1ccc(-n2nc(C)c3sc(N4CCC[C@@H](C(=O)NCc5ccccc5OC)C4)nc32)cc1. The van der Waals surface area contributed by atoms with E-state index in [0.717, 1.165) is 63.3 Å². The summed E-state index contributed by atoms with van der Waals surface area (Å²) in [6.45, 7) is 4.01. The van der Waals surface area contributed by atoms with Gasteiger partial charge in [0.05, 0.1) is 36.2 Å². The average molecular weight is 492 g/mol. The van der Waals surface area contributed by atoms with Crippen LogP contribution in [-0.2, 0) is 11.3 Å². The molecule has 2 aromatic carbocycles. The highest BCUT2D eigenvalue weighted by atomic mass is 32.1. The van der Waals surface area contributed by atoms with Crippen LogP contribution in [0.25, 0.3) is 16.0 Å². The molecular weight excluding hydrogens is 462 g/mol. The molecule has 1 fully saturated rings. The van der Waals surface area contributed by atoms with Crippen LogP contribution in [0.2, 0.25) is 0 Å². The Hall–Kier alpha value is -3.59. The molecule has 1 N–H and O–H groups in total. The fourth-order valence-electron chi connectivity index (χ4n) is 4.50. The first kappa shape index (κ1) is 23.2. The molecule has 0 aliphatic carbocycles. The molecule has 0 saturated carbocycles. The Morgan fingerprint density at radius 2 is 1.94 bits per heavy atom. The van der Waals surface area contributed by atoms with Gasteiger partial charge < -0.3 is 19.7 Å². The van der Waals surface area contributed by atoms with Crippen molar-refractivity contribution in [3.05, 3.63) is 59.8 Å². The minimum atomic E-state index is -0.0790. The Labute approximate surface area is 208 Å². The molecule has 182 valence electrons. The van der Waals surface area contributed by atoms with E-state index in [2.05, 4.69) is 10.2 Å². The minimum Gasteiger partial charge on any atom is -0.497 e. The lowest BCUT2D eigenvalue weighted by molar-refractivity contribution is -0.125. The van der Waals surface area contributed by atoms with Crippen LogP contribution in [-0.4, -0.2) is 48.0 Å². The smallest absolute Gasteiger partial charge is 0.225 e. The Morgan fingerprint density at radius 3 is 2.71 bits per heavy atom. The molecule has 4 aromatic rings. The fraction of sp³-hybridized carbons (Fsp3) is 0.346. The molecule has 0 spiro atoms. The van der Waals surface area contributed by atoms with Gasteiger partial charge in [0.2, 0.25) is 5.91 Å². The molecule has 2 aromatic heterocycles. The number of hydrogen-bond acceptors (Lipinski definition) is 7. The van der Waals surface area contributed by atoms with Crippen molar-refractivity contribution in [2.24, 2.45) is 5.92 Å². The number of aromatic nitrogens is 3. The number of hydrogen-bond donors (Lipinski definition) is 1. The van der Waals surface area contributed by atoms with Gasteiger partial charge in [-0.25, -0.2) is 4.68 Å². The van der Waals surface area contributed by atoms with Crippen LogP contribution in [0.1, 0.15) is 24.1 Å². The Morgan fingerprint density at radius 1 is 1.14 bits per heavy atom. The Bertz CT molecular complexity index is 1330. The number of para-hydroxylation sites is 1. The number of fused-ring (bicyclic) bond motifs is 1. The molecule has 5 rings (SSSR count). The molecule has 0 radical (unpaired) electrons. The largest absolute Gasteiger partial charge is 0.497 e. The number of nitrogens with one attached hydrogen (secondary N) is 1. The van der Waals surface area contributed by atoms with Crippen LogP contribution in [0.4, 0.5) is 5.13 Å². The number of ether oxygens (including phenoxy) is 2. The number of carbonyl (C=O) groups is 1. The first-order chi connectivity index (χ1) is 17.1. The lowest BCUT2D eigenvalue weighted by atomic mass is 9.97. The van der Waals surface area contributed by atoms with Crippen LogP contribution in [0.3, 0.4) is 0 Å². The Kier molecular flexibility index (Phi) is 6.59. The summed E-state index contributed by atoms with van der Waals surface area (Å²) < 4.78 is 13.6. The standard InChI is InChI=1S/C26H29N5O3S/c1-17-23-24(31(29-17)20-10-12-21(33-2)13-11-20)28-26(35-23)30-14-6-8-19(16-30)25(32)27-15-18-7-4-5-9-22(18)34-3/h4-5,7,9-13,19H,6,8,14-16H2,1-3H3,(H,27,32)/t19-/m1/s1. The number of carbonyl (C=O) groups excluding carboxylic acids is 1. The maximum absolute atomic E-state index is 13.0. The third kappa shape index (κ3) is 4.68. The third-order valence-electron chi connectivity index (χ3n) is 6.40. The van der Waals surface area contributed by atoms with Crippen molar-refractivity contribution in [1.82, 2.24) is 20.1 Å². The number of nitrogens with zero attached hydrogens (tertiary/aromatic N) is 4. The van der Waals surface area contributed by atoms with Gasteiger partial charge in [0.1, 0.15) is 11.5 Å². The molecule has 0 unspecified atom stereocenters. The van der Waals surface area contributed by atoms with Crippen molar-refractivity contribution in [3.8, 4) is 17.2 Å². The lowest BCUT2D eigenvalue weighted by Crippen LogP contribution is -2.43. The number of benzene rings is 2. The van der Waals surface area contributed by atoms with Gasteiger partial charge >= 0.3 is 0 Å². The van der Waals surface area contributed by atoms with Crippen LogP contribution >= 0.6 is 11.3 Å². The summed E-state index contributed by atoms with van der Waals surface area (Å²) in [5, 5.41) is 8.74. The summed E-state index contributed by atoms with van der Waals surface area (Å²) in [6.07, 6.45) is 1.82. The van der Waals surface area contributed by atoms with E-state index in [1.165, 1.54) is 0 Å². The molecule has 1 amide bonds. The van der Waals surface area contributed by atoms with Crippen molar-refractivity contribution < 1.29 is 14.3 Å². The number of thiazole rings is 1. The zero-order chi connectivity index (χ0) is 24.4. The second kappa shape index (κ2) is 9.95. The summed E-state index contributed by atoms with van der Waals surface area (Å²) in [4.78, 5) is 20.2. The normalized spacial score (nSPS) is 15.9. The van der Waals surface area contributed by atoms with Gasteiger partial charge in [-0.15, -0.1) is 0 Å². The monoisotopic (exact) mass is 491 g/mol. The highest BCUT2D eigenvalue weighted by Gasteiger charge is 2.28. The van der Waals surface area contributed by atoms with Crippen molar-refractivity contribution in [1.29, 1.82) is 0 Å². The number of anilines is 1. The quantitative estimate of drug-likeness (QED) is 0.414. The summed E-state index contributed by atoms with van der Waals surface area (Å²) in [5.74, 6) is 1.58. The van der Waals surface area contributed by atoms with Crippen molar-refractivity contribution in [2.75, 3.05) is 32.2 Å². The topological polar surface area (TPSA) is 81.5 Å². The Balaban J connectivity index is 1.31. The predicted octanol–water partition coefficient (Wildman–Crippen LogP) is 4.34. The van der Waals surface area contributed by atoms with Gasteiger partial charge in [0, 0.05) is 25.2 Å². The fourth-order valence-corrected chi connectivity index (χ4v) is 5.52. The number of amides is 1. The van der Waals surface area contributed by atoms with Crippen molar-refractivity contribution >= 4 is 32.7 Å². The van der Waals surface area contributed by atoms with E-state index in [0.29, 0.717) is 13.1 Å². The van der Waals surface area contributed by atoms with E-state index in [9.17, 15) is 4.79 Å². The number of methoxy groups -OCH3 is 2. The number of piperidine rings is 1. The maximum atomic E-state index is 13.0. The van der Waals surface area contributed by atoms with Crippen LogP contribution in [0, 0.1) is 12.8 Å². The van der Waals surface area contributed by atoms with Gasteiger partial charge in [0.15, 0.2) is 10.8 Å². The molecule has 35 heavy (non-hydrogen) atoms. The first-order valence-corrected chi connectivity index (χ1v) is 12.5. The van der Waals surface area contributed by atoms with E-state index in [4.69, 9.17) is 19.6 Å². The van der Waals surface area contributed by atoms with Gasteiger partial charge in [0.25, 0.3) is 0 Å². The van der Waals surface area contributed by atoms with Crippen molar-refractivity contribution in [3.63, 3.8) is 0 Å².